The van der Waals surface area contributed by atoms with Crippen molar-refractivity contribution in [1.82, 2.24) is 14.8 Å². The highest BCUT2D eigenvalue weighted by Crippen LogP contribution is 2.25. The Bertz CT molecular complexity index is 725. The lowest BCUT2D eigenvalue weighted by Crippen LogP contribution is -2.06. The summed E-state index contributed by atoms with van der Waals surface area (Å²) in [6.45, 7) is 1.32. The van der Waals surface area contributed by atoms with Gasteiger partial charge in [-0.1, -0.05) is 0 Å². The third-order valence-corrected chi connectivity index (χ3v) is 3.40. The second-order valence-corrected chi connectivity index (χ2v) is 5.23. The fourth-order valence-corrected chi connectivity index (χ4v) is 2.26. The van der Waals surface area contributed by atoms with Gasteiger partial charge in [0.1, 0.15) is 12.0 Å². The minimum atomic E-state index is -1.45. The van der Waals surface area contributed by atoms with Crippen LogP contribution in [0.5, 0.6) is 0 Å². The number of aromatic nitrogens is 3. The molecule has 8 nitrogen and oxygen atoms in total. The third kappa shape index (κ3) is 2.48. The monoisotopic (exact) mass is 294 g/mol. The average Bonchev–Trinajstić information content (AvgIpc) is 2.86. The summed E-state index contributed by atoms with van der Waals surface area (Å²) >= 11 is 0. The Morgan fingerprint density at radius 2 is 2.15 bits per heavy atom. The molecule has 0 fully saturated rings. The Morgan fingerprint density at radius 3 is 2.70 bits per heavy atom. The maximum atomic E-state index is 11.5. The first-order valence-corrected chi connectivity index (χ1v) is 7.01. The minimum Gasteiger partial charge on any atom is -0.295 e. The number of benzene rings is 1. The molecule has 1 atom stereocenters. The predicted molar refractivity (Wildman–Crippen MR) is 70.4 cm³/mol. The molecule has 0 saturated heterocycles. The molecule has 2 aromatic rings. The van der Waals surface area contributed by atoms with Crippen LogP contribution in [0.15, 0.2) is 29.7 Å². The molecular weight excluding hydrogens is 284 g/mol. The van der Waals surface area contributed by atoms with Crippen LogP contribution in [0.2, 0.25) is 0 Å². The normalized spacial score (nSPS) is 12.1. The molecule has 104 valence electrons. The first-order chi connectivity index (χ1) is 9.41. The molecule has 20 heavy (non-hydrogen) atoms. The summed E-state index contributed by atoms with van der Waals surface area (Å²) in [5.41, 5.74) is 0.118. The summed E-state index contributed by atoms with van der Waals surface area (Å²) in [6.07, 6.45) is 2.64. The molecule has 0 N–H and O–H groups in total. The number of hydrogen-bond acceptors (Lipinski definition) is 6. The molecular formula is C11H10N4O4S. The van der Waals surface area contributed by atoms with E-state index in [1.807, 2.05) is 0 Å². The minimum absolute atomic E-state index is 0.101. The van der Waals surface area contributed by atoms with Crippen molar-refractivity contribution >= 4 is 22.3 Å². The average molecular weight is 294 g/mol. The van der Waals surface area contributed by atoms with Gasteiger partial charge < -0.3 is 0 Å². The fraction of sp³-hybridized carbons (Fsp3) is 0.182. The van der Waals surface area contributed by atoms with Crippen LogP contribution in [0.25, 0.3) is 5.69 Å². The van der Waals surface area contributed by atoms with Crippen LogP contribution in [0.1, 0.15) is 17.3 Å². The van der Waals surface area contributed by atoms with Crippen molar-refractivity contribution < 1.29 is 13.9 Å². The van der Waals surface area contributed by atoms with Crippen molar-refractivity contribution in [3.8, 4) is 5.69 Å². The Labute approximate surface area is 116 Å². The summed E-state index contributed by atoms with van der Waals surface area (Å²) in [5, 5.41) is 18.5. The number of carbonyl (C=O) groups excluding carboxylic acids is 1. The number of nitro benzene ring substituents is 1. The molecule has 2 rings (SSSR count). The second-order valence-electron chi connectivity index (χ2n) is 3.95. The van der Waals surface area contributed by atoms with Crippen molar-refractivity contribution in [2.75, 3.05) is 6.26 Å². The third-order valence-electron chi connectivity index (χ3n) is 2.61. The molecule has 0 aliphatic heterocycles. The summed E-state index contributed by atoms with van der Waals surface area (Å²) < 4.78 is 12.8. The highest BCUT2D eigenvalue weighted by Gasteiger charge is 2.21. The standard InChI is InChI=1S/C11H10N4O4S/c1-7(16)8-3-4-9(10(5-8)15(17)18)14-6-12-13-11(14)20(2)19/h3-6H,1-2H3/t20-/m1/s1. The van der Waals surface area contributed by atoms with Crippen molar-refractivity contribution in [1.29, 1.82) is 0 Å². The van der Waals surface area contributed by atoms with E-state index in [0.29, 0.717) is 0 Å². The van der Waals surface area contributed by atoms with Crippen molar-refractivity contribution in [3.05, 3.63) is 40.2 Å². The number of Topliss-reactive ketones (excluding diaryl/α,β-unsaturated/α-hetero) is 1. The van der Waals surface area contributed by atoms with Crippen molar-refractivity contribution in [2.24, 2.45) is 0 Å². The van der Waals surface area contributed by atoms with Gasteiger partial charge >= 0.3 is 0 Å². The molecule has 9 heteroatoms. The lowest BCUT2D eigenvalue weighted by atomic mass is 10.1. The van der Waals surface area contributed by atoms with Gasteiger partial charge in [0.2, 0.25) is 5.16 Å². The summed E-state index contributed by atoms with van der Waals surface area (Å²) in [5.74, 6) is -0.275. The van der Waals surface area contributed by atoms with E-state index in [9.17, 15) is 19.1 Å². The van der Waals surface area contributed by atoms with Gasteiger partial charge in [-0.25, -0.2) is 0 Å². The molecule has 0 radical (unpaired) electrons. The van der Waals surface area contributed by atoms with Crippen LogP contribution >= 0.6 is 0 Å². The quantitative estimate of drug-likeness (QED) is 0.475. The predicted octanol–water partition coefficient (Wildman–Crippen LogP) is 1.12. The molecule has 0 saturated carbocycles. The Kier molecular flexibility index (Phi) is 3.70. The molecule has 1 aromatic carbocycles. The molecule has 0 amide bonds. The number of hydrogen-bond donors (Lipinski definition) is 0. The highest BCUT2D eigenvalue weighted by molar-refractivity contribution is 7.84. The van der Waals surface area contributed by atoms with E-state index < -0.39 is 15.7 Å². The lowest BCUT2D eigenvalue weighted by molar-refractivity contribution is -0.384. The molecule has 0 bridgehead atoms. The van der Waals surface area contributed by atoms with E-state index in [0.717, 1.165) is 0 Å². The maximum Gasteiger partial charge on any atom is 0.294 e. The van der Waals surface area contributed by atoms with Gasteiger partial charge in [-0.15, -0.1) is 10.2 Å². The van der Waals surface area contributed by atoms with Gasteiger partial charge in [0.25, 0.3) is 5.69 Å². The lowest BCUT2D eigenvalue weighted by Gasteiger charge is -2.06. The SMILES string of the molecule is CC(=O)c1ccc(-n2cnnc2[S@@](C)=O)c([N+](=O)[O-])c1. The number of nitrogens with zero attached hydrogens (tertiary/aromatic N) is 4. The molecule has 1 aromatic heterocycles. The van der Waals surface area contributed by atoms with Crippen LogP contribution in [0.4, 0.5) is 5.69 Å². The van der Waals surface area contributed by atoms with Gasteiger partial charge in [0.15, 0.2) is 5.78 Å². The zero-order valence-electron chi connectivity index (χ0n) is 10.6. The zero-order chi connectivity index (χ0) is 14.9. The van der Waals surface area contributed by atoms with E-state index in [1.165, 1.54) is 42.3 Å². The van der Waals surface area contributed by atoms with E-state index in [4.69, 9.17) is 0 Å². The number of nitro groups is 1. The summed E-state index contributed by atoms with van der Waals surface area (Å²) in [4.78, 5) is 21.8. The number of carbonyl (C=O) groups is 1. The summed E-state index contributed by atoms with van der Waals surface area (Å²) in [7, 11) is -1.45. The number of rotatable bonds is 4. The van der Waals surface area contributed by atoms with Crippen LogP contribution in [0, 0.1) is 10.1 Å². The Balaban J connectivity index is 2.68. The topological polar surface area (TPSA) is 108 Å². The van der Waals surface area contributed by atoms with Crippen LogP contribution in [-0.2, 0) is 10.8 Å². The van der Waals surface area contributed by atoms with Gasteiger partial charge in [0.05, 0.1) is 15.7 Å². The Morgan fingerprint density at radius 1 is 1.45 bits per heavy atom. The maximum absolute atomic E-state index is 11.5. The van der Waals surface area contributed by atoms with Gasteiger partial charge in [0, 0.05) is 17.9 Å². The largest absolute Gasteiger partial charge is 0.295 e. The van der Waals surface area contributed by atoms with Crippen LogP contribution in [0.3, 0.4) is 0 Å². The van der Waals surface area contributed by atoms with Gasteiger partial charge in [-0.3, -0.25) is 23.7 Å². The summed E-state index contributed by atoms with van der Waals surface area (Å²) in [6, 6.07) is 4.06. The van der Waals surface area contributed by atoms with Crippen molar-refractivity contribution in [2.45, 2.75) is 12.1 Å². The first-order valence-electron chi connectivity index (χ1n) is 5.45. The molecule has 0 spiro atoms. The van der Waals surface area contributed by atoms with Crippen molar-refractivity contribution in [3.63, 3.8) is 0 Å². The van der Waals surface area contributed by atoms with Gasteiger partial charge in [-0.2, -0.15) is 0 Å². The van der Waals surface area contributed by atoms with Crippen LogP contribution in [-0.4, -0.2) is 35.9 Å². The number of ketones is 1. The molecule has 0 aliphatic carbocycles. The van der Waals surface area contributed by atoms with E-state index >= 15 is 0 Å². The molecule has 0 unspecified atom stereocenters. The first kappa shape index (κ1) is 14.0. The van der Waals surface area contributed by atoms with Crippen LogP contribution < -0.4 is 0 Å². The van der Waals surface area contributed by atoms with E-state index in [1.54, 1.807) is 0 Å². The fourth-order valence-electron chi connectivity index (χ4n) is 1.68. The van der Waals surface area contributed by atoms with E-state index in [-0.39, 0.29) is 27.9 Å². The zero-order valence-corrected chi connectivity index (χ0v) is 11.5. The smallest absolute Gasteiger partial charge is 0.294 e. The second kappa shape index (κ2) is 5.29. The Hall–Kier alpha value is -2.42. The highest BCUT2D eigenvalue weighted by atomic mass is 32.2. The van der Waals surface area contributed by atoms with Gasteiger partial charge in [-0.05, 0) is 19.1 Å². The molecule has 0 aliphatic rings. The van der Waals surface area contributed by atoms with E-state index in [2.05, 4.69) is 10.2 Å². The molecule has 1 heterocycles.